The van der Waals surface area contributed by atoms with Crippen LogP contribution in [0.25, 0.3) is 0 Å². The Hall–Kier alpha value is -0.316. The zero-order valence-corrected chi connectivity index (χ0v) is 10.3. The zero-order valence-electron chi connectivity index (χ0n) is 7.49. The van der Waals surface area contributed by atoms with Crippen LogP contribution in [0, 0.1) is 17.8 Å². The Morgan fingerprint density at radius 1 is 1.17 bits per heavy atom. The first-order valence-electron chi connectivity index (χ1n) is 3.71. The molecule has 0 N–H and O–H groups in total. The van der Waals surface area contributed by atoms with Crippen molar-refractivity contribution in [3.63, 3.8) is 0 Å². The second-order valence-electron chi connectivity index (χ2n) is 1.68. The van der Waals surface area contributed by atoms with Gasteiger partial charge in [0.15, 0.2) is 0 Å². The Labute approximate surface area is 99.7 Å². The molecule has 0 atom stereocenters. The van der Waals surface area contributed by atoms with Crippen LogP contribution in [0.1, 0.15) is 19.4 Å². The molecular formula is C10H12NY-. The van der Waals surface area contributed by atoms with E-state index in [-0.39, 0.29) is 32.7 Å². The maximum atomic E-state index is 8.21. The van der Waals surface area contributed by atoms with E-state index >= 15 is 0 Å². The molecule has 0 spiro atoms. The number of nitrogens with zero attached hydrogens (tertiary/aromatic N) is 1. The minimum absolute atomic E-state index is 0. The fraction of sp³-hybridized carbons (Fsp3) is 0.200. The van der Waals surface area contributed by atoms with E-state index in [4.69, 9.17) is 5.26 Å². The molecule has 1 rings (SSSR count). The normalized spacial score (nSPS) is 6.42. The molecule has 2 heteroatoms. The van der Waals surface area contributed by atoms with Crippen molar-refractivity contribution in [2.45, 2.75) is 13.8 Å². The maximum Gasteiger partial charge on any atom is 0.0237 e. The number of hydrogen-bond donors (Lipinski definition) is 0. The van der Waals surface area contributed by atoms with Crippen molar-refractivity contribution in [1.29, 1.82) is 5.26 Å². The third-order valence-electron chi connectivity index (χ3n) is 1.03. The summed E-state index contributed by atoms with van der Waals surface area (Å²) in [6.45, 7) is 4.00. The van der Waals surface area contributed by atoms with Crippen molar-refractivity contribution >= 4 is 0 Å². The van der Waals surface area contributed by atoms with Gasteiger partial charge < -0.3 is 0 Å². The van der Waals surface area contributed by atoms with Gasteiger partial charge in [-0.15, -0.1) is 12.1 Å². The molecule has 1 aromatic carbocycles. The Morgan fingerprint density at radius 3 is 2.08 bits per heavy atom. The van der Waals surface area contributed by atoms with Crippen LogP contribution in [-0.4, -0.2) is 0 Å². The van der Waals surface area contributed by atoms with Gasteiger partial charge in [0, 0.05) is 38.8 Å². The quantitative estimate of drug-likeness (QED) is 0.686. The van der Waals surface area contributed by atoms with E-state index in [0.29, 0.717) is 0 Å². The summed E-state index contributed by atoms with van der Waals surface area (Å²) < 4.78 is 0. The van der Waals surface area contributed by atoms with Crippen LogP contribution >= 0.6 is 0 Å². The van der Waals surface area contributed by atoms with Gasteiger partial charge in [-0.2, -0.15) is 17.7 Å². The molecule has 0 saturated carbocycles. The molecule has 0 aliphatic heterocycles. The van der Waals surface area contributed by atoms with E-state index in [1.54, 1.807) is 0 Å². The van der Waals surface area contributed by atoms with E-state index in [2.05, 4.69) is 0 Å². The maximum absolute atomic E-state index is 8.21. The molecular weight excluding hydrogens is 223 g/mol. The van der Waals surface area contributed by atoms with E-state index in [9.17, 15) is 0 Å². The van der Waals surface area contributed by atoms with Crippen molar-refractivity contribution in [1.82, 2.24) is 0 Å². The fourth-order valence-corrected chi connectivity index (χ4v) is 0.624. The molecule has 61 valence electrons. The Kier molecular flexibility index (Phi) is 12.7. The van der Waals surface area contributed by atoms with Crippen molar-refractivity contribution in [3.05, 3.63) is 42.3 Å². The van der Waals surface area contributed by atoms with Crippen LogP contribution < -0.4 is 0 Å². The fourth-order valence-electron chi connectivity index (χ4n) is 0.624. The van der Waals surface area contributed by atoms with E-state index < -0.39 is 0 Å². The van der Waals surface area contributed by atoms with Crippen LogP contribution in [0.2, 0.25) is 0 Å². The molecule has 0 aliphatic carbocycles. The molecule has 1 nitrogen and oxygen atoms in total. The first kappa shape index (κ1) is 14.2. The van der Waals surface area contributed by atoms with Crippen molar-refractivity contribution in [3.8, 4) is 6.07 Å². The van der Waals surface area contributed by atoms with E-state index in [0.717, 1.165) is 5.56 Å². The second-order valence-corrected chi connectivity index (χ2v) is 1.68. The number of rotatable bonds is 1. The van der Waals surface area contributed by atoms with Gasteiger partial charge in [-0.25, -0.2) is 5.26 Å². The zero-order chi connectivity index (χ0) is 8.53. The largest absolute Gasteiger partial charge is 0.208 e. The first-order chi connectivity index (χ1) is 5.43. The third kappa shape index (κ3) is 6.40. The molecule has 0 amide bonds. The number of hydrogen-bond acceptors (Lipinski definition) is 1. The smallest absolute Gasteiger partial charge is 0.0237 e. The summed E-state index contributed by atoms with van der Waals surface area (Å²) in [4.78, 5) is 0. The first-order valence-corrected chi connectivity index (χ1v) is 3.71. The summed E-state index contributed by atoms with van der Waals surface area (Å²) in [6, 6.07) is 11.5. The topological polar surface area (TPSA) is 23.8 Å². The van der Waals surface area contributed by atoms with Crippen molar-refractivity contribution in [2.75, 3.05) is 0 Å². The molecule has 0 aliphatic rings. The third-order valence-corrected chi connectivity index (χ3v) is 1.03. The van der Waals surface area contributed by atoms with Crippen LogP contribution in [0.15, 0.2) is 30.3 Å². The minimum Gasteiger partial charge on any atom is -0.208 e. The summed E-state index contributed by atoms with van der Waals surface area (Å²) in [6.07, 6.45) is 1.51. The van der Waals surface area contributed by atoms with Crippen molar-refractivity contribution in [2.24, 2.45) is 0 Å². The standard InChI is InChI=1S/C8H6N.C2H6.Y/c9-7-6-8-4-2-1-3-5-8;1-2;/h1-6H;1-2H3;/q-1;;. The van der Waals surface area contributed by atoms with E-state index in [1.807, 2.05) is 50.2 Å². The molecule has 0 aromatic heterocycles. The van der Waals surface area contributed by atoms with Gasteiger partial charge in [-0.1, -0.05) is 26.3 Å². The van der Waals surface area contributed by atoms with Crippen molar-refractivity contribution < 1.29 is 32.7 Å². The summed E-state index contributed by atoms with van der Waals surface area (Å²) >= 11 is 0. The molecule has 12 heavy (non-hydrogen) atoms. The predicted octanol–water partition coefficient (Wildman–Crippen LogP) is 2.79. The number of nitriles is 1. The second kappa shape index (κ2) is 10.7. The van der Waals surface area contributed by atoms with Gasteiger partial charge in [-0.3, -0.25) is 0 Å². The average Bonchev–Trinajstić information content (AvgIpc) is 2.11. The van der Waals surface area contributed by atoms with Crippen LogP contribution in [0.4, 0.5) is 0 Å². The Bertz CT molecular complexity index is 213. The van der Waals surface area contributed by atoms with Gasteiger partial charge in [0.05, 0.1) is 0 Å². The average molecular weight is 235 g/mol. The molecule has 1 aromatic rings. The van der Waals surface area contributed by atoms with Gasteiger partial charge >= 0.3 is 0 Å². The summed E-state index contributed by atoms with van der Waals surface area (Å²) in [5.74, 6) is 0. The van der Waals surface area contributed by atoms with Crippen LogP contribution in [-0.2, 0) is 32.7 Å². The molecule has 0 heterocycles. The van der Waals surface area contributed by atoms with Gasteiger partial charge in [0.1, 0.15) is 0 Å². The van der Waals surface area contributed by atoms with Gasteiger partial charge in [0.2, 0.25) is 0 Å². The molecule has 0 bridgehead atoms. The minimum atomic E-state index is 0. The van der Waals surface area contributed by atoms with Crippen LogP contribution in [0.3, 0.4) is 0 Å². The SMILES string of the molecule is CC.N#C[CH-]c1ccccc1.[Y]. The predicted molar refractivity (Wildman–Crippen MR) is 46.8 cm³/mol. The van der Waals surface area contributed by atoms with Gasteiger partial charge in [0.25, 0.3) is 0 Å². The molecule has 0 saturated heterocycles. The monoisotopic (exact) mass is 235 g/mol. The summed E-state index contributed by atoms with van der Waals surface area (Å²) in [5, 5.41) is 8.21. The summed E-state index contributed by atoms with van der Waals surface area (Å²) in [7, 11) is 0. The molecule has 0 fully saturated rings. The van der Waals surface area contributed by atoms with Crippen LogP contribution in [0.5, 0.6) is 0 Å². The molecule has 0 unspecified atom stereocenters. The number of benzene rings is 1. The molecule has 1 radical (unpaired) electrons. The van der Waals surface area contributed by atoms with Gasteiger partial charge in [-0.05, 0) is 0 Å². The summed E-state index contributed by atoms with van der Waals surface area (Å²) in [5.41, 5.74) is 0.958. The Balaban J connectivity index is 0. The Morgan fingerprint density at radius 2 is 1.67 bits per heavy atom. The van der Waals surface area contributed by atoms with E-state index in [1.165, 1.54) is 6.42 Å².